The number of nitrogens with zero attached hydrogens (tertiary/aromatic N) is 1. The molecule has 3 aliphatic rings. The van der Waals surface area contributed by atoms with Crippen LogP contribution in [0.2, 0.25) is 4.01 Å². The van der Waals surface area contributed by atoms with Gasteiger partial charge in [-0.3, -0.25) is 0 Å². The van der Waals surface area contributed by atoms with Gasteiger partial charge in [0.2, 0.25) is 0 Å². The third-order valence-electron chi connectivity index (χ3n) is 5.22. The zero-order valence-electron chi connectivity index (χ0n) is 12.8. The van der Waals surface area contributed by atoms with Crippen molar-refractivity contribution in [2.24, 2.45) is 0 Å². The summed E-state index contributed by atoms with van der Waals surface area (Å²) in [5.74, 6) is 0. The van der Waals surface area contributed by atoms with E-state index in [1.165, 1.54) is 48.7 Å². The normalized spacial score (nSPS) is 28.5. The number of benzene rings is 2. The Hall–Kier alpha value is -0.687. The third-order valence-corrected chi connectivity index (χ3v) is 6.79. The molecule has 0 aromatic heterocycles. The van der Waals surface area contributed by atoms with Gasteiger partial charge in [0.25, 0.3) is 0 Å². The van der Waals surface area contributed by atoms with Crippen LogP contribution >= 0.6 is 0 Å². The molecule has 0 N–H and O–H groups in total. The first-order chi connectivity index (χ1) is 10.2. The van der Waals surface area contributed by atoms with Crippen LogP contribution in [0, 0.1) is 0 Å². The zero-order chi connectivity index (χ0) is 14.3. The van der Waals surface area contributed by atoms with Crippen LogP contribution in [-0.2, 0) is 31.4 Å². The Bertz CT molecular complexity index is 567. The van der Waals surface area contributed by atoms with Gasteiger partial charge in [-0.15, -0.1) is 0 Å². The zero-order valence-corrected chi connectivity index (χ0v) is 16.6. The molecule has 3 aliphatic carbocycles. The molecule has 0 amide bonds. The van der Waals surface area contributed by atoms with Gasteiger partial charge in [-0.05, 0) is 0 Å². The molecule has 1 nitrogen and oxygen atoms in total. The first-order valence-corrected chi connectivity index (χ1v) is 9.34. The van der Waals surface area contributed by atoms with Crippen molar-refractivity contribution in [3.8, 4) is 0 Å². The Labute approximate surface area is 149 Å². The summed E-state index contributed by atoms with van der Waals surface area (Å²) in [5, 5.41) is 0. The topological polar surface area (TPSA) is 3.24 Å². The molecule has 0 unspecified atom stereocenters. The summed E-state index contributed by atoms with van der Waals surface area (Å²) >= 11 is 1.49. The van der Waals surface area contributed by atoms with Gasteiger partial charge in [0, 0.05) is 0 Å². The summed E-state index contributed by atoms with van der Waals surface area (Å²) in [6.07, 6.45) is 4.33. The van der Waals surface area contributed by atoms with Gasteiger partial charge in [-0.25, -0.2) is 0 Å². The van der Waals surface area contributed by atoms with Crippen molar-refractivity contribution in [1.82, 2.24) is 4.90 Å². The molecule has 2 aromatic carbocycles. The first kappa shape index (κ1) is 16.2. The minimum absolute atomic E-state index is 0. The van der Waals surface area contributed by atoms with Crippen LogP contribution in [0.5, 0.6) is 0 Å². The van der Waals surface area contributed by atoms with E-state index in [0.29, 0.717) is 5.54 Å². The SMILES string of the molecule is [Cl-].[Zn+][C]12CC(N(Cc3ccccc3)Cc3ccccc3)(C1)C2. The van der Waals surface area contributed by atoms with Crippen molar-refractivity contribution in [1.29, 1.82) is 0 Å². The molecule has 0 saturated heterocycles. The predicted octanol–water partition coefficient (Wildman–Crippen LogP) is 1.33. The van der Waals surface area contributed by atoms with Gasteiger partial charge in [0.15, 0.2) is 0 Å². The molecule has 2 aromatic rings. The summed E-state index contributed by atoms with van der Waals surface area (Å²) < 4.78 is 0.783. The van der Waals surface area contributed by atoms with Crippen molar-refractivity contribution < 1.29 is 30.7 Å². The molecule has 2 bridgehead atoms. The third kappa shape index (κ3) is 2.89. The standard InChI is InChI=1S/C19H20N.ClH.Zn/c1-3-7-16(8-4-1)14-20(19-11-18(12-19)13-19)15-17-9-5-2-6-10-17;;/h1-10H,11-15H2;1H;/q;;+1/p-1. The fraction of sp³-hybridized carbons (Fsp3) is 0.368. The molecule has 22 heavy (non-hydrogen) atoms. The summed E-state index contributed by atoms with van der Waals surface area (Å²) in [4.78, 5) is 2.75. The van der Waals surface area contributed by atoms with E-state index in [1.807, 2.05) is 0 Å². The number of hydrogen-bond acceptors (Lipinski definition) is 1. The quantitative estimate of drug-likeness (QED) is 0.725. The number of hydrogen-bond donors (Lipinski definition) is 0. The molecular weight excluding hydrogens is 343 g/mol. The molecule has 3 fully saturated rings. The van der Waals surface area contributed by atoms with Crippen LogP contribution in [0.25, 0.3) is 0 Å². The molecule has 3 heteroatoms. The predicted molar refractivity (Wildman–Crippen MR) is 81.4 cm³/mol. The van der Waals surface area contributed by atoms with Crippen LogP contribution in [0.1, 0.15) is 30.4 Å². The molecule has 0 heterocycles. The Balaban J connectivity index is 0.00000144. The van der Waals surface area contributed by atoms with Gasteiger partial charge in [-0.2, -0.15) is 0 Å². The van der Waals surface area contributed by atoms with Gasteiger partial charge < -0.3 is 12.4 Å². The molecular formula is C19H20ClNZn. The summed E-state index contributed by atoms with van der Waals surface area (Å²) in [6.45, 7) is 2.18. The van der Waals surface area contributed by atoms with Gasteiger partial charge in [-0.1, -0.05) is 0 Å². The van der Waals surface area contributed by atoms with Gasteiger partial charge in [0.1, 0.15) is 0 Å². The van der Waals surface area contributed by atoms with E-state index >= 15 is 0 Å². The van der Waals surface area contributed by atoms with Crippen molar-refractivity contribution in [2.75, 3.05) is 0 Å². The molecule has 0 radical (unpaired) electrons. The first-order valence-electron chi connectivity index (χ1n) is 7.86. The second-order valence-corrected chi connectivity index (χ2v) is 10.2. The average Bonchev–Trinajstić information content (AvgIpc) is 2.45. The van der Waals surface area contributed by atoms with Crippen LogP contribution in [0.3, 0.4) is 0 Å². The van der Waals surface area contributed by atoms with Crippen LogP contribution in [0.4, 0.5) is 0 Å². The van der Waals surface area contributed by atoms with Gasteiger partial charge in [0.05, 0.1) is 0 Å². The summed E-state index contributed by atoms with van der Waals surface area (Å²) in [5.41, 5.74) is 3.41. The Morgan fingerprint density at radius 1 is 0.773 bits per heavy atom. The Morgan fingerprint density at radius 2 is 1.18 bits per heavy atom. The molecule has 0 aliphatic heterocycles. The van der Waals surface area contributed by atoms with E-state index in [4.69, 9.17) is 0 Å². The second-order valence-electron chi connectivity index (χ2n) is 7.08. The monoisotopic (exact) mass is 361 g/mol. The van der Waals surface area contributed by atoms with E-state index < -0.39 is 0 Å². The molecule has 0 atom stereocenters. The van der Waals surface area contributed by atoms with E-state index in [0.717, 1.165) is 17.1 Å². The van der Waals surface area contributed by atoms with E-state index in [-0.39, 0.29) is 12.4 Å². The molecule has 0 spiro atoms. The number of rotatable bonds is 5. The summed E-state index contributed by atoms with van der Waals surface area (Å²) in [7, 11) is 0. The van der Waals surface area contributed by atoms with Crippen LogP contribution in [0.15, 0.2) is 60.7 Å². The van der Waals surface area contributed by atoms with Crippen molar-refractivity contribution in [2.45, 2.75) is 41.9 Å². The maximum absolute atomic E-state index is 2.75. The minimum atomic E-state index is 0. The van der Waals surface area contributed by atoms with Gasteiger partial charge >= 0.3 is 137 Å². The van der Waals surface area contributed by atoms with E-state index in [1.54, 1.807) is 0 Å². The van der Waals surface area contributed by atoms with Crippen molar-refractivity contribution >= 4 is 0 Å². The van der Waals surface area contributed by atoms with E-state index in [2.05, 4.69) is 65.6 Å². The Morgan fingerprint density at radius 3 is 1.55 bits per heavy atom. The molecule has 110 valence electrons. The van der Waals surface area contributed by atoms with Crippen molar-refractivity contribution in [3.63, 3.8) is 0 Å². The van der Waals surface area contributed by atoms with Crippen molar-refractivity contribution in [3.05, 3.63) is 71.8 Å². The molecule has 5 rings (SSSR count). The van der Waals surface area contributed by atoms with Crippen LogP contribution < -0.4 is 12.4 Å². The Kier molecular flexibility index (Phi) is 4.47. The second kappa shape index (κ2) is 6.08. The molecule has 3 saturated carbocycles. The van der Waals surface area contributed by atoms with Crippen LogP contribution in [-0.4, -0.2) is 10.4 Å². The fourth-order valence-corrected chi connectivity index (χ4v) is 7.20. The maximum atomic E-state index is 2.75. The fourth-order valence-electron chi connectivity index (χ4n) is 4.27. The number of halogens is 1. The summed E-state index contributed by atoms with van der Waals surface area (Å²) in [6, 6.07) is 21.9. The average molecular weight is 363 g/mol. The van der Waals surface area contributed by atoms with E-state index in [9.17, 15) is 0 Å².